The van der Waals surface area contributed by atoms with Crippen LogP contribution in [0.5, 0.6) is 0 Å². The van der Waals surface area contributed by atoms with E-state index in [2.05, 4.69) is 72.8 Å². The molecule has 8 rings (SSSR count). The third kappa shape index (κ3) is 4.05. The molecule has 0 amide bonds. The molecule has 0 aliphatic heterocycles. The molecule has 4 heteroatoms. The summed E-state index contributed by atoms with van der Waals surface area (Å²) in [4.78, 5) is 14.6. The minimum atomic E-state index is 0.641. The Labute approximate surface area is 236 Å². The fourth-order valence-corrected chi connectivity index (χ4v) is 5.53. The molecular formula is C37H23N3O. The van der Waals surface area contributed by atoms with Crippen molar-refractivity contribution in [2.45, 2.75) is 0 Å². The minimum Gasteiger partial charge on any atom is -0.455 e. The van der Waals surface area contributed by atoms with Crippen LogP contribution < -0.4 is 0 Å². The summed E-state index contributed by atoms with van der Waals surface area (Å²) in [7, 11) is 0. The molecular weight excluding hydrogens is 502 g/mol. The van der Waals surface area contributed by atoms with Gasteiger partial charge in [0.25, 0.3) is 0 Å². The molecule has 2 aromatic heterocycles. The molecule has 0 saturated heterocycles. The summed E-state index contributed by atoms with van der Waals surface area (Å²) in [5, 5.41) is 4.54. The Morgan fingerprint density at radius 2 is 0.951 bits per heavy atom. The van der Waals surface area contributed by atoms with Gasteiger partial charge in [-0.3, -0.25) is 0 Å². The summed E-state index contributed by atoms with van der Waals surface area (Å²) < 4.78 is 6.40. The molecule has 0 aliphatic carbocycles. The Bertz CT molecular complexity index is 2130. The topological polar surface area (TPSA) is 51.8 Å². The molecule has 0 N–H and O–H groups in total. The molecule has 4 nitrogen and oxygen atoms in total. The Morgan fingerprint density at radius 1 is 0.390 bits per heavy atom. The lowest BCUT2D eigenvalue weighted by molar-refractivity contribution is 0.673. The zero-order valence-electron chi connectivity index (χ0n) is 22.0. The average molecular weight is 526 g/mol. The van der Waals surface area contributed by atoms with E-state index in [0.717, 1.165) is 55.1 Å². The summed E-state index contributed by atoms with van der Waals surface area (Å²) in [5.74, 6) is 1.95. The van der Waals surface area contributed by atoms with Gasteiger partial charge in [-0.15, -0.1) is 0 Å². The zero-order chi connectivity index (χ0) is 27.2. The molecule has 0 spiro atoms. The number of fused-ring (bicyclic) bond motifs is 5. The van der Waals surface area contributed by atoms with Gasteiger partial charge in [0.15, 0.2) is 17.5 Å². The summed E-state index contributed by atoms with van der Waals surface area (Å²) in [6.45, 7) is 0. The first-order valence-corrected chi connectivity index (χ1v) is 13.6. The van der Waals surface area contributed by atoms with Crippen molar-refractivity contribution in [2.75, 3.05) is 0 Å². The fourth-order valence-electron chi connectivity index (χ4n) is 5.53. The SMILES string of the molecule is c1ccc(-c2nc(-c3ccccc3)nc(-c3ccc(-c4cccc5oc6c7ccccc7ccc6c45)cc3)n2)cc1. The van der Waals surface area contributed by atoms with E-state index in [0.29, 0.717) is 17.5 Å². The monoisotopic (exact) mass is 525 g/mol. The molecule has 41 heavy (non-hydrogen) atoms. The minimum absolute atomic E-state index is 0.641. The van der Waals surface area contributed by atoms with Crippen molar-refractivity contribution >= 4 is 32.7 Å². The van der Waals surface area contributed by atoms with Crippen molar-refractivity contribution in [1.82, 2.24) is 15.0 Å². The third-order valence-electron chi connectivity index (χ3n) is 7.54. The van der Waals surface area contributed by atoms with Crippen LogP contribution in [0.1, 0.15) is 0 Å². The molecule has 0 fully saturated rings. The first-order valence-electron chi connectivity index (χ1n) is 13.6. The first-order chi connectivity index (χ1) is 20.3. The highest BCUT2D eigenvalue weighted by Crippen LogP contribution is 2.39. The van der Waals surface area contributed by atoms with Gasteiger partial charge in [0.2, 0.25) is 0 Å². The lowest BCUT2D eigenvalue weighted by Crippen LogP contribution is -2.00. The lowest BCUT2D eigenvalue weighted by atomic mass is 9.97. The fraction of sp³-hybridized carbons (Fsp3) is 0. The molecule has 8 aromatic rings. The number of aromatic nitrogens is 3. The van der Waals surface area contributed by atoms with Crippen molar-refractivity contribution in [2.24, 2.45) is 0 Å². The van der Waals surface area contributed by atoms with Gasteiger partial charge in [-0.05, 0) is 28.6 Å². The zero-order valence-corrected chi connectivity index (χ0v) is 22.0. The van der Waals surface area contributed by atoms with Crippen molar-refractivity contribution < 1.29 is 4.42 Å². The van der Waals surface area contributed by atoms with Crippen LogP contribution in [0.25, 0.3) is 78.0 Å². The first kappa shape index (κ1) is 23.3. The van der Waals surface area contributed by atoms with Crippen LogP contribution >= 0.6 is 0 Å². The van der Waals surface area contributed by atoms with Gasteiger partial charge in [0, 0.05) is 32.8 Å². The van der Waals surface area contributed by atoms with Gasteiger partial charge in [-0.25, -0.2) is 15.0 Å². The van der Waals surface area contributed by atoms with E-state index >= 15 is 0 Å². The Hall–Kier alpha value is -5.61. The Morgan fingerprint density at radius 3 is 1.61 bits per heavy atom. The van der Waals surface area contributed by atoms with Crippen molar-refractivity contribution in [3.8, 4) is 45.3 Å². The summed E-state index contributed by atoms with van der Waals surface area (Å²) in [6, 6.07) is 47.5. The average Bonchev–Trinajstić information content (AvgIpc) is 3.45. The molecule has 0 saturated carbocycles. The molecule has 2 heterocycles. The van der Waals surface area contributed by atoms with E-state index in [1.54, 1.807) is 0 Å². The highest BCUT2D eigenvalue weighted by molar-refractivity contribution is 6.19. The normalized spacial score (nSPS) is 11.4. The number of furan rings is 1. The van der Waals surface area contributed by atoms with Gasteiger partial charge in [0.05, 0.1) is 0 Å². The molecule has 0 atom stereocenters. The highest BCUT2D eigenvalue weighted by atomic mass is 16.3. The predicted molar refractivity (Wildman–Crippen MR) is 166 cm³/mol. The van der Waals surface area contributed by atoms with Crippen LogP contribution in [0, 0.1) is 0 Å². The van der Waals surface area contributed by atoms with Gasteiger partial charge < -0.3 is 4.42 Å². The lowest BCUT2D eigenvalue weighted by Gasteiger charge is -2.09. The van der Waals surface area contributed by atoms with Crippen molar-refractivity contribution in [1.29, 1.82) is 0 Å². The van der Waals surface area contributed by atoms with Crippen molar-refractivity contribution in [3.63, 3.8) is 0 Å². The number of hydrogen-bond donors (Lipinski definition) is 0. The molecule has 0 aliphatic rings. The molecule has 0 bridgehead atoms. The van der Waals surface area contributed by atoms with Gasteiger partial charge in [0.1, 0.15) is 11.2 Å². The van der Waals surface area contributed by atoms with Gasteiger partial charge in [-0.1, -0.05) is 127 Å². The van der Waals surface area contributed by atoms with Crippen LogP contribution in [0.15, 0.2) is 144 Å². The molecule has 6 aromatic carbocycles. The third-order valence-corrected chi connectivity index (χ3v) is 7.54. The highest BCUT2D eigenvalue weighted by Gasteiger charge is 2.16. The van der Waals surface area contributed by atoms with E-state index in [-0.39, 0.29) is 0 Å². The van der Waals surface area contributed by atoms with E-state index in [4.69, 9.17) is 19.4 Å². The number of nitrogens with zero attached hydrogens (tertiary/aromatic N) is 3. The predicted octanol–water partition coefficient (Wildman–Crippen LogP) is 9.59. The molecule has 192 valence electrons. The number of benzene rings is 6. The summed E-state index contributed by atoms with van der Waals surface area (Å²) >= 11 is 0. The standard InChI is InChI=1S/C37H23N3O/c1-3-11-26(12-4-1)35-38-36(27-13-5-2-6-14-27)40-37(39-35)28-20-18-25(19-21-28)29-16-9-17-32-33(29)31-23-22-24-10-7-8-15-30(24)34(31)41-32/h1-23H. The van der Waals surface area contributed by atoms with Crippen LogP contribution in [0.2, 0.25) is 0 Å². The second-order valence-corrected chi connectivity index (χ2v) is 10.1. The van der Waals surface area contributed by atoms with Gasteiger partial charge >= 0.3 is 0 Å². The number of rotatable bonds is 4. The van der Waals surface area contributed by atoms with Crippen LogP contribution in [0.4, 0.5) is 0 Å². The summed E-state index contributed by atoms with van der Waals surface area (Å²) in [5.41, 5.74) is 6.89. The van der Waals surface area contributed by atoms with Gasteiger partial charge in [-0.2, -0.15) is 0 Å². The van der Waals surface area contributed by atoms with E-state index in [1.807, 2.05) is 66.7 Å². The summed E-state index contributed by atoms with van der Waals surface area (Å²) in [6.07, 6.45) is 0. The maximum Gasteiger partial charge on any atom is 0.164 e. The Kier molecular flexibility index (Phi) is 5.42. The second kappa shape index (κ2) is 9.54. The van der Waals surface area contributed by atoms with Crippen LogP contribution in [-0.2, 0) is 0 Å². The molecule has 0 radical (unpaired) electrons. The number of hydrogen-bond acceptors (Lipinski definition) is 4. The van der Waals surface area contributed by atoms with Crippen LogP contribution in [0.3, 0.4) is 0 Å². The maximum absolute atomic E-state index is 6.40. The quantitative estimate of drug-likeness (QED) is 0.230. The van der Waals surface area contributed by atoms with E-state index in [1.165, 1.54) is 5.39 Å². The van der Waals surface area contributed by atoms with Crippen molar-refractivity contribution in [3.05, 3.63) is 140 Å². The van der Waals surface area contributed by atoms with E-state index in [9.17, 15) is 0 Å². The van der Waals surface area contributed by atoms with E-state index < -0.39 is 0 Å². The molecule has 0 unspecified atom stereocenters. The van der Waals surface area contributed by atoms with Crippen LogP contribution in [-0.4, -0.2) is 15.0 Å². The smallest absolute Gasteiger partial charge is 0.164 e. The largest absolute Gasteiger partial charge is 0.455 e. The second-order valence-electron chi connectivity index (χ2n) is 10.1. The Balaban J connectivity index is 1.25. The maximum atomic E-state index is 6.40.